The molecule has 0 unspecified atom stereocenters. The molecule has 0 saturated heterocycles. The summed E-state index contributed by atoms with van der Waals surface area (Å²) in [5, 5.41) is 13.6. The van der Waals surface area contributed by atoms with E-state index in [-0.39, 0.29) is 6.61 Å². The van der Waals surface area contributed by atoms with Crippen molar-refractivity contribution in [1.82, 2.24) is 19.7 Å². The van der Waals surface area contributed by atoms with Crippen molar-refractivity contribution in [3.8, 4) is 11.4 Å². The van der Waals surface area contributed by atoms with Gasteiger partial charge < -0.3 is 5.11 Å². The number of aliphatic hydroxyl groups is 1. The standard InChI is InChI=1S/C12H14N4O/c17-7-6-16-11-3-1-2-9(11)12(15-16)10-8-13-4-5-14-10/h4-5,8,17H,1-3,6-7H2. The maximum Gasteiger partial charge on any atom is 0.116 e. The third-order valence-corrected chi connectivity index (χ3v) is 3.12. The second-order valence-corrected chi connectivity index (χ2v) is 4.16. The van der Waals surface area contributed by atoms with Gasteiger partial charge in [-0.3, -0.25) is 14.6 Å². The van der Waals surface area contributed by atoms with E-state index in [9.17, 15) is 0 Å². The molecule has 0 radical (unpaired) electrons. The number of aliphatic hydroxyl groups excluding tert-OH is 1. The maximum absolute atomic E-state index is 9.04. The molecule has 3 rings (SSSR count). The Kier molecular flexibility index (Phi) is 2.60. The van der Waals surface area contributed by atoms with E-state index in [1.165, 1.54) is 11.3 Å². The van der Waals surface area contributed by atoms with Gasteiger partial charge >= 0.3 is 0 Å². The topological polar surface area (TPSA) is 63.8 Å². The van der Waals surface area contributed by atoms with Crippen LogP contribution in [-0.4, -0.2) is 31.5 Å². The predicted octanol–water partition coefficient (Wildman–Crippen LogP) is 0.821. The van der Waals surface area contributed by atoms with Crippen LogP contribution in [0.25, 0.3) is 11.4 Å². The van der Waals surface area contributed by atoms with Crippen molar-refractivity contribution in [2.45, 2.75) is 25.8 Å². The average molecular weight is 230 g/mol. The van der Waals surface area contributed by atoms with Crippen molar-refractivity contribution < 1.29 is 5.11 Å². The van der Waals surface area contributed by atoms with Crippen LogP contribution >= 0.6 is 0 Å². The molecule has 1 aliphatic rings. The highest BCUT2D eigenvalue weighted by molar-refractivity contribution is 5.60. The Labute approximate surface area is 99.1 Å². The molecule has 17 heavy (non-hydrogen) atoms. The lowest BCUT2D eigenvalue weighted by Gasteiger charge is -2.01. The highest BCUT2D eigenvalue weighted by Gasteiger charge is 2.23. The van der Waals surface area contributed by atoms with Crippen LogP contribution < -0.4 is 0 Å². The lowest BCUT2D eigenvalue weighted by molar-refractivity contribution is 0.267. The van der Waals surface area contributed by atoms with Crippen LogP contribution in [0.4, 0.5) is 0 Å². The van der Waals surface area contributed by atoms with Crippen molar-refractivity contribution in [2.24, 2.45) is 0 Å². The zero-order valence-corrected chi connectivity index (χ0v) is 9.50. The lowest BCUT2D eigenvalue weighted by Crippen LogP contribution is -2.07. The van der Waals surface area contributed by atoms with Gasteiger partial charge in [-0.05, 0) is 19.3 Å². The average Bonchev–Trinajstić information content (AvgIpc) is 2.94. The van der Waals surface area contributed by atoms with Gasteiger partial charge in [-0.1, -0.05) is 0 Å². The second-order valence-electron chi connectivity index (χ2n) is 4.16. The summed E-state index contributed by atoms with van der Waals surface area (Å²) in [6, 6.07) is 0. The Morgan fingerprint density at radius 1 is 1.29 bits per heavy atom. The quantitative estimate of drug-likeness (QED) is 0.848. The number of nitrogens with zero attached hydrogens (tertiary/aromatic N) is 4. The molecule has 2 heterocycles. The van der Waals surface area contributed by atoms with Gasteiger partial charge in [0.2, 0.25) is 0 Å². The second kappa shape index (κ2) is 4.25. The largest absolute Gasteiger partial charge is 0.394 e. The Hall–Kier alpha value is -1.75. The van der Waals surface area contributed by atoms with Crippen molar-refractivity contribution in [1.29, 1.82) is 0 Å². The van der Waals surface area contributed by atoms with Gasteiger partial charge in [-0.25, -0.2) is 0 Å². The molecule has 1 aliphatic carbocycles. The summed E-state index contributed by atoms with van der Waals surface area (Å²) in [6.45, 7) is 0.677. The van der Waals surface area contributed by atoms with Crippen LogP contribution in [0.3, 0.4) is 0 Å². The van der Waals surface area contributed by atoms with Gasteiger partial charge in [0, 0.05) is 23.7 Å². The molecule has 0 aromatic carbocycles. The van der Waals surface area contributed by atoms with Crippen LogP contribution in [0, 0.1) is 0 Å². The van der Waals surface area contributed by atoms with E-state index in [1.807, 2.05) is 4.68 Å². The first-order valence-corrected chi connectivity index (χ1v) is 5.86. The molecule has 88 valence electrons. The number of hydrogen-bond acceptors (Lipinski definition) is 4. The fraction of sp³-hybridized carbons (Fsp3) is 0.417. The highest BCUT2D eigenvalue weighted by atomic mass is 16.3. The summed E-state index contributed by atoms with van der Waals surface area (Å²) in [6.07, 6.45) is 8.33. The van der Waals surface area contributed by atoms with Gasteiger partial charge in [0.1, 0.15) is 11.4 Å². The van der Waals surface area contributed by atoms with Crippen LogP contribution in [0.1, 0.15) is 17.7 Å². The van der Waals surface area contributed by atoms with Gasteiger partial charge in [0.25, 0.3) is 0 Å². The predicted molar refractivity (Wildman–Crippen MR) is 62.4 cm³/mol. The summed E-state index contributed by atoms with van der Waals surface area (Å²) in [4.78, 5) is 8.38. The fourth-order valence-corrected chi connectivity index (χ4v) is 2.42. The molecule has 1 N–H and O–H groups in total. The molecular weight excluding hydrogens is 216 g/mol. The molecule has 0 atom stereocenters. The van der Waals surface area contributed by atoms with E-state index in [0.29, 0.717) is 6.54 Å². The third kappa shape index (κ3) is 1.72. The molecule has 5 nitrogen and oxygen atoms in total. The van der Waals surface area contributed by atoms with Crippen molar-refractivity contribution in [2.75, 3.05) is 6.61 Å². The third-order valence-electron chi connectivity index (χ3n) is 3.12. The first-order chi connectivity index (χ1) is 8.40. The Bertz CT molecular complexity index is 521. The first kappa shape index (κ1) is 10.4. The highest BCUT2D eigenvalue weighted by Crippen LogP contribution is 2.30. The Morgan fingerprint density at radius 2 is 2.24 bits per heavy atom. The van der Waals surface area contributed by atoms with Gasteiger partial charge in [0.05, 0.1) is 19.3 Å². The monoisotopic (exact) mass is 230 g/mol. The Morgan fingerprint density at radius 3 is 3.00 bits per heavy atom. The van der Waals surface area contributed by atoms with Crippen LogP contribution in [0.15, 0.2) is 18.6 Å². The normalized spacial score (nSPS) is 13.9. The van der Waals surface area contributed by atoms with E-state index in [1.54, 1.807) is 18.6 Å². The smallest absolute Gasteiger partial charge is 0.116 e. The van der Waals surface area contributed by atoms with Crippen LogP contribution in [-0.2, 0) is 19.4 Å². The number of fused-ring (bicyclic) bond motifs is 1. The summed E-state index contributed by atoms with van der Waals surface area (Å²) in [7, 11) is 0. The molecule has 0 spiro atoms. The molecule has 2 aromatic rings. The molecular formula is C12H14N4O. The van der Waals surface area contributed by atoms with E-state index in [2.05, 4.69) is 15.1 Å². The SMILES string of the molecule is OCCn1nc(-c2cnccn2)c2c1CCC2. The minimum absolute atomic E-state index is 0.119. The van der Waals surface area contributed by atoms with E-state index in [4.69, 9.17) is 5.11 Å². The van der Waals surface area contributed by atoms with Crippen molar-refractivity contribution in [3.05, 3.63) is 29.8 Å². The van der Waals surface area contributed by atoms with Gasteiger partial charge in [-0.2, -0.15) is 5.10 Å². The minimum Gasteiger partial charge on any atom is -0.394 e. The molecule has 0 aliphatic heterocycles. The zero-order valence-electron chi connectivity index (χ0n) is 9.50. The van der Waals surface area contributed by atoms with Gasteiger partial charge in [-0.15, -0.1) is 0 Å². The molecule has 0 amide bonds. The summed E-state index contributed by atoms with van der Waals surface area (Å²) in [5.74, 6) is 0. The summed E-state index contributed by atoms with van der Waals surface area (Å²) in [5.41, 5.74) is 4.28. The lowest BCUT2D eigenvalue weighted by atomic mass is 10.1. The molecule has 0 bridgehead atoms. The van der Waals surface area contributed by atoms with Crippen molar-refractivity contribution in [3.63, 3.8) is 0 Å². The van der Waals surface area contributed by atoms with Crippen molar-refractivity contribution >= 4 is 0 Å². The summed E-state index contributed by atoms with van der Waals surface area (Å²) >= 11 is 0. The van der Waals surface area contributed by atoms with E-state index in [0.717, 1.165) is 30.7 Å². The van der Waals surface area contributed by atoms with Crippen LogP contribution in [0.2, 0.25) is 0 Å². The molecule has 0 fully saturated rings. The molecule has 0 saturated carbocycles. The minimum atomic E-state index is 0.119. The van der Waals surface area contributed by atoms with E-state index < -0.39 is 0 Å². The molecule has 5 heteroatoms. The summed E-state index contributed by atoms with van der Waals surface area (Å²) < 4.78 is 1.91. The van der Waals surface area contributed by atoms with Crippen LogP contribution in [0.5, 0.6) is 0 Å². The Balaban J connectivity index is 2.09. The fourth-order valence-electron chi connectivity index (χ4n) is 2.42. The van der Waals surface area contributed by atoms with E-state index >= 15 is 0 Å². The zero-order chi connectivity index (χ0) is 11.7. The first-order valence-electron chi connectivity index (χ1n) is 5.86. The maximum atomic E-state index is 9.04. The molecule has 2 aromatic heterocycles. The van der Waals surface area contributed by atoms with Gasteiger partial charge in [0.15, 0.2) is 0 Å². The number of aromatic nitrogens is 4. The number of hydrogen-bond donors (Lipinski definition) is 1. The number of rotatable bonds is 3.